The van der Waals surface area contributed by atoms with Gasteiger partial charge in [0, 0.05) is 6.54 Å². The number of amides is 1. The minimum absolute atomic E-state index is 0.00910. The van der Waals surface area contributed by atoms with Crippen LogP contribution >= 0.6 is 11.8 Å². The van der Waals surface area contributed by atoms with Crippen molar-refractivity contribution in [2.75, 3.05) is 13.2 Å². The predicted molar refractivity (Wildman–Crippen MR) is 109 cm³/mol. The quantitative estimate of drug-likeness (QED) is 0.698. The van der Waals surface area contributed by atoms with Crippen LogP contribution in [0, 0.1) is 6.92 Å². The summed E-state index contributed by atoms with van der Waals surface area (Å²) in [6.07, 6.45) is 1.90. The lowest BCUT2D eigenvalue weighted by Crippen LogP contribution is -2.28. The first-order valence-electron chi connectivity index (χ1n) is 8.70. The molecule has 5 heteroatoms. The van der Waals surface area contributed by atoms with E-state index in [1.807, 2.05) is 75.4 Å². The minimum Gasteiger partial charge on any atom is -0.494 e. The Balaban J connectivity index is 1.89. The molecule has 1 heterocycles. The van der Waals surface area contributed by atoms with E-state index in [-0.39, 0.29) is 5.91 Å². The van der Waals surface area contributed by atoms with Crippen molar-refractivity contribution < 1.29 is 9.53 Å². The summed E-state index contributed by atoms with van der Waals surface area (Å²) in [4.78, 5) is 19.8. The molecule has 0 radical (unpaired) electrons. The van der Waals surface area contributed by atoms with Crippen LogP contribution in [0.3, 0.4) is 0 Å². The molecule has 0 atom stereocenters. The number of hydrogen-bond donors (Lipinski definition) is 0. The molecule has 0 saturated carbocycles. The zero-order valence-electron chi connectivity index (χ0n) is 15.2. The van der Waals surface area contributed by atoms with E-state index in [0.717, 1.165) is 17.0 Å². The number of aryl methyl sites for hydroxylation is 1. The van der Waals surface area contributed by atoms with Crippen LogP contribution < -0.4 is 4.74 Å². The molecule has 2 aromatic rings. The lowest BCUT2D eigenvalue weighted by atomic mass is 10.2. The van der Waals surface area contributed by atoms with Gasteiger partial charge >= 0.3 is 0 Å². The minimum atomic E-state index is -0.00910. The fraction of sp³-hybridized carbons (Fsp3) is 0.238. The Morgan fingerprint density at radius 3 is 2.62 bits per heavy atom. The van der Waals surface area contributed by atoms with Crippen molar-refractivity contribution in [2.45, 2.75) is 20.8 Å². The van der Waals surface area contributed by atoms with Gasteiger partial charge in [0.25, 0.3) is 5.91 Å². The monoisotopic (exact) mass is 366 g/mol. The summed E-state index contributed by atoms with van der Waals surface area (Å²) < 4.78 is 5.53. The zero-order chi connectivity index (χ0) is 18.5. The Kier molecular flexibility index (Phi) is 5.78. The van der Waals surface area contributed by atoms with Crippen molar-refractivity contribution >= 4 is 34.6 Å². The first kappa shape index (κ1) is 18.3. The summed E-state index contributed by atoms with van der Waals surface area (Å²) in [5, 5.41) is 0.716. The van der Waals surface area contributed by atoms with Crippen LogP contribution in [0.15, 0.2) is 58.4 Å². The second-order valence-corrected chi connectivity index (χ2v) is 6.90. The molecule has 2 aromatic carbocycles. The summed E-state index contributed by atoms with van der Waals surface area (Å²) in [6, 6.07) is 15.7. The zero-order valence-corrected chi connectivity index (χ0v) is 16.0. The van der Waals surface area contributed by atoms with Crippen molar-refractivity contribution in [1.82, 2.24) is 4.90 Å². The third-order valence-electron chi connectivity index (χ3n) is 3.93. The lowest BCUT2D eigenvalue weighted by Gasteiger charge is -2.12. The summed E-state index contributed by atoms with van der Waals surface area (Å²) in [5.41, 5.74) is 2.98. The lowest BCUT2D eigenvalue weighted by molar-refractivity contribution is -0.122. The van der Waals surface area contributed by atoms with E-state index in [4.69, 9.17) is 4.74 Å². The van der Waals surface area contributed by atoms with Crippen molar-refractivity contribution in [3.05, 3.63) is 64.6 Å². The largest absolute Gasteiger partial charge is 0.494 e. The molecule has 4 nitrogen and oxygen atoms in total. The summed E-state index contributed by atoms with van der Waals surface area (Å²) >= 11 is 1.41. The third kappa shape index (κ3) is 4.17. The number of rotatable bonds is 5. The highest BCUT2D eigenvalue weighted by Crippen LogP contribution is 2.34. The van der Waals surface area contributed by atoms with E-state index in [2.05, 4.69) is 4.99 Å². The fourth-order valence-electron chi connectivity index (χ4n) is 2.61. The van der Waals surface area contributed by atoms with Gasteiger partial charge in [-0.3, -0.25) is 9.69 Å². The Hall–Kier alpha value is -2.53. The molecule has 1 aliphatic heterocycles. The second kappa shape index (κ2) is 8.23. The molecule has 0 aromatic heterocycles. The van der Waals surface area contributed by atoms with Gasteiger partial charge in [0.15, 0.2) is 5.17 Å². The maximum atomic E-state index is 12.7. The number of carbonyl (C=O) groups excluding carboxylic acids is 1. The van der Waals surface area contributed by atoms with Gasteiger partial charge in [0.05, 0.1) is 17.2 Å². The Bertz CT molecular complexity index is 857. The third-order valence-corrected chi connectivity index (χ3v) is 4.94. The molecule has 0 bridgehead atoms. The number of benzene rings is 2. The van der Waals surface area contributed by atoms with E-state index >= 15 is 0 Å². The smallest absolute Gasteiger partial charge is 0.266 e. The van der Waals surface area contributed by atoms with Gasteiger partial charge in [-0.2, -0.15) is 0 Å². The van der Waals surface area contributed by atoms with Gasteiger partial charge in [0.2, 0.25) is 0 Å². The molecule has 1 amide bonds. The maximum absolute atomic E-state index is 12.7. The normalized spacial score (nSPS) is 17.3. The maximum Gasteiger partial charge on any atom is 0.266 e. The number of likely N-dealkylation sites (N-methyl/N-ethyl adjacent to an activating group) is 1. The summed E-state index contributed by atoms with van der Waals surface area (Å²) in [5.74, 6) is 0.795. The van der Waals surface area contributed by atoms with Crippen molar-refractivity contribution in [3.63, 3.8) is 0 Å². The highest BCUT2D eigenvalue weighted by atomic mass is 32.2. The predicted octanol–water partition coefficient (Wildman–Crippen LogP) is 5.02. The number of carbonyl (C=O) groups is 1. The van der Waals surface area contributed by atoms with Crippen LogP contribution in [-0.2, 0) is 4.79 Å². The van der Waals surface area contributed by atoms with Crippen molar-refractivity contribution in [2.24, 2.45) is 4.99 Å². The van der Waals surface area contributed by atoms with Gasteiger partial charge in [-0.25, -0.2) is 4.99 Å². The fourth-order valence-corrected chi connectivity index (χ4v) is 3.67. The van der Waals surface area contributed by atoms with Gasteiger partial charge in [-0.15, -0.1) is 0 Å². The van der Waals surface area contributed by atoms with Crippen LogP contribution in [0.2, 0.25) is 0 Å². The number of amidine groups is 1. The first-order chi connectivity index (χ1) is 12.6. The number of thioether (sulfide) groups is 1. The molecule has 3 rings (SSSR count). The van der Waals surface area contributed by atoms with E-state index in [0.29, 0.717) is 23.2 Å². The van der Waals surface area contributed by atoms with E-state index in [1.54, 1.807) is 4.90 Å². The van der Waals surface area contributed by atoms with Crippen LogP contribution in [0.5, 0.6) is 5.75 Å². The van der Waals surface area contributed by atoms with E-state index in [9.17, 15) is 4.79 Å². The SMILES string of the molecule is CCOc1cccc(/C=C2/SC(=Nc3ccc(C)cc3)N(CC)C2=O)c1. The number of hydrogen-bond acceptors (Lipinski definition) is 4. The molecule has 0 N–H and O–H groups in total. The van der Waals surface area contributed by atoms with Gasteiger partial charge in [-0.1, -0.05) is 29.8 Å². The Morgan fingerprint density at radius 2 is 1.92 bits per heavy atom. The number of aliphatic imine (C=N–C) groups is 1. The average Bonchev–Trinajstić information content (AvgIpc) is 2.92. The molecule has 134 valence electrons. The molecule has 0 spiro atoms. The van der Waals surface area contributed by atoms with E-state index < -0.39 is 0 Å². The second-order valence-electron chi connectivity index (χ2n) is 5.90. The Labute approximate surface area is 158 Å². The van der Waals surface area contributed by atoms with Crippen LogP contribution in [0.4, 0.5) is 5.69 Å². The van der Waals surface area contributed by atoms with Gasteiger partial charge in [-0.05, 0) is 68.4 Å². The Morgan fingerprint density at radius 1 is 1.15 bits per heavy atom. The topological polar surface area (TPSA) is 41.9 Å². The van der Waals surface area contributed by atoms with Crippen LogP contribution in [0.25, 0.3) is 6.08 Å². The molecule has 0 aliphatic carbocycles. The molecule has 1 saturated heterocycles. The summed E-state index contributed by atoms with van der Waals surface area (Å²) in [6.45, 7) is 7.16. The van der Waals surface area contributed by atoms with Crippen molar-refractivity contribution in [3.8, 4) is 5.75 Å². The molecule has 1 aliphatic rings. The molecular formula is C21H22N2O2S. The van der Waals surface area contributed by atoms with E-state index in [1.165, 1.54) is 17.3 Å². The average molecular weight is 366 g/mol. The molecule has 0 unspecified atom stereocenters. The van der Waals surface area contributed by atoms with Gasteiger partial charge < -0.3 is 4.74 Å². The highest BCUT2D eigenvalue weighted by Gasteiger charge is 2.32. The van der Waals surface area contributed by atoms with Crippen molar-refractivity contribution in [1.29, 1.82) is 0 Å². The molecule has 26 heavy (non-hydrogen) atoms. The van der Waals surface area contributed by atoms with Crippen LogP contribution in [-0.4, -0.2) is 29.1 Å². The molecular weight excluding hydrogens is 344 g/mol. The standard InChI is InChI=1S/C21H22N2O2S/c1-4-23-20(24)19(14-16-7-6-8-18(13-16)25-5-2)26-21(23)22-17-11-9-15(3)10-12-17/h6-14H,4-5H2,1-3H3/b19-14+,22-21?. The summed E-state index contributed by atoms with van der Waals surface area (Å²) in [7, 11) is 0. The van der Waals surface area contributed by atoms with Crippen LogP contribution in [0.1, 0.15) is 25.0 Å². The van der Waals surface area contributed by atoms with Gasteiger partial charge in [0.1, 0.15) is 5.75 Å². The molecule has 1 fully saturated rings. The first-order valence-corrected chi connectivity index (χ1v) is 9.52. The number of ether oxygens (including phenoxy) is 1. The number of nitrogens with zero attached hydrogens (tertiary/aromatic N) is 2. The highest BCUT2D eigenvalue weighted by molar-refractivity contribution is 8.18.